The Kier molecular flexibility index (Phi) is 3.70. The first-order valence-electron chi connectivity index (χ1n) is 5.89. The molecule has 0 saturated heterocycles. The van der Waals surface area contributed by atoms with Crippen molar-refractivity contribution in [2.24, 2.45) is 0 Å². The van der Waals surface area contributed by atoms with Gasteiger partial charge in [0, 0.05) is 18.5 Å². The normalized spacial score (nSPS) is 16.2. The largest absolute Gasteiger partial charge is 0.308 e. The van der Waals surface area contributed by atoms with E-state index in [-0.39, 0.29) is 0 Å². The van der Waals surface area contributed by atoms with Crippen molar-refractivity contribution in [3.8, 4) is 0 Å². The van der Waals surface area contributed by atoms with E-state index >= 15 is 0 Å². The summed E-state index contributed by atoms with van der Waals surface area (Å²) in [6.07, 6.45) is 5.00. The third kappa shape index (κ3) is 2.98. The van der Waals surface area contributed by atoms with Crippen molar-refractivity contribution in [2.45, 2.75) is 58.0 Å². The predicted molar refractivity (Wildman–Crippen MR) is 63.1 cm³/mol. The molecule has 0 aromatic carbocycles. The Labute approximate surface area is 95.3 Å². The van der Waals surface area contributed by atoms with Crippen LogP contribution in [0.3, 0.4) is 0 Å². The van der Waals surface area contributed by atoms with E-state index in [1.54, 1.807) is 11.3 Å². The summed E-state index contributed by atoms with van der Waals surface area (Å²) in [6.45, 7) is 5.35. The number of hydrogen-bond acceptors (Lipinski definition) is 4. The van der Waals surface area contributed by atoms with Gasteiger partial charge in [0.1, 0.15) is 10.0 Å². The van der Waals surface area contributed by atoms with Gasteiger partial charge in [-0.1, -0.05) is 25.2 Å². The molecule has 0 aliphatic heterocycles. The van der Waals surface area contributed by atoms with Crippen LogP contribution >= 0.6 is 11.3 Å². The Morgan fingerprint density at radius 3 is 2.67 bits per heavy atom. The van der Waals surface area contributed by atoms with Crippen molar-refractivity contribution >= 4 is 11.3 Å². The fourth-order valence-corrected chi connectivity index (χ4v) is 2.72. The number of rotatable bonds is 6. The van der Waals surface area contributed by atoms with Gasteiger partial charge in [0.2, 0.25) is 0 Å². The first kappa shape index (κ1) is 11.0. The minimum Gasteiger partial charge on any atom is -0.308 e. The molecule has 1 aromatic heterocycles. The first-order valence-corrected chi connectivity index (χ1v) is 6.70. The molecule has 1 aromatic rings. The summed E-state index contributed by atoms with van der Waals surface area (Å²) in [6, 6.07) is 0.755. The van der Waals surface area contributed by atoms with Crippen LogP contribution in [0.25, 0.3) is 0 Å². The van der Waals surface area contributed by atoms with E-state index < -0.39 is 0 Å². The highest BCUT2D eigenvalue weighted by Gasteiger charge is 2.21. The first-order chi connectivity index (χ1) is 7.33. The maximum absolute atomic E-state index is 4.29. The molecule has 1 N–H and O–H groups in total. The van der Waals surface area contributed by atoms with Crippen LogP contribution in [0.1, 0.15) is 55.5 Å². The number of aromatic nitrogens is 2. The van der Waals surface area contributed by atoms with Crippen LogP contribution in [0, 0.1) is 0 Å². The van der Waals surface area contributed by atoms with Crippen molar-refractivity contribution in [3.63, 3.8) is 0 Å². The molecule has 0 radical (unpaired) electrons. The number of nitrogens with one attached hydrogen (secondary N) is 1. The molecule has 2 rings (SSSR count). The quantitative estimate of drug-likeness (QED) is 0.809. The standard InChI is InChI=1S/C11H19N3S/c1-3-8(4-2)11-14-13-10(15-11)7-12-9-5-6-9/h8-9,12H,3-7H2,1-2H3. The van der Waals surface area contributed by atoms with Crippen molar-refractivity contribution in [2.75, 3.05) is 0 Å². The van der Waals surface area contributed by atoms with Crippen LogP contribution in [0.4, 0.5) is 0 Å². The fraction of sp³-hybridized carbons (Fsp3) is 0.818. The summed E-state index contributed by atoms with van der Waals surface area (Å²) >= 11 is 1.78. The van der Waals surface area contributed by atoms with E-state index in [0.717, 1.165) is 17.6 Å². The topological polar surface area (TPSA) is 37.8 Å². The molecule has 1 aliphatic rings. The summed E-state index contributed by atoms with van der Waals surface area (Å²) in [7, 11) is 0. The van der Waals surface area contributed by atoms with Gasteiger partial charge in [-0.05, 0) is 25.7 Å². The molecule has 1 heterocycles. The molecular formula is C11H19N3S. The van der Waals surface area contributed by atoms with Gasteiger partial charge in [0.15, 0.2) is 0 Å². The van der Waals surface area contributed by atoms with Gasteiger partial charge in [0.25, 0.3) is 0 Å². The summed E-state index contributed by atoms with van der Waals surface area (Å²) in [4.78, 5) is 0. The van der Waals surface area contributed by atoms with E-state index in [9.17, 15) is 0 Å². The second-order valence-corrected chi connectivity index (χ2v) is 5.30. The van der Waals surface area contributed by atoms with Gasteiger partial charge in [0.05, 0.1) is 0 Å². The lowest BCUT2D eigenvalue weighted by molar-refractivity contribution is 0.628. The van der Waals surface area contributed by atoms with Crippen molar-refractivity contribution < 1.29 is 0 Å². The monoisotopic (exact) mass is 225 g/mol. The van der Waals surface area contributed by atoms with Gasteiger partial charge >= 0.3 is 0 Å². The predicted octanol–water partition coefficient (Wildman–Crippen LogP) is 2.69. The van der Waals surface area contributed by atoms with Gasteiger partial charge in [-0.2, -0.15) is 0 Å². The van der Waals surface area contributed by atoms with Crippen molar-refractivity contribution in [1.29, 1.82) is 0 Å². The van der Waals surface area contributed by atoms with Crippen LogP contribution < -0.4 is 5.32 Å². The number of hydrogen-bond donors (Lipinski definition) is 1. The SMILES string of the molecule is CCC(CC)c1nnc(CNC2CC2)s1. The van der Waals surface area contributed by atoms with Crippen molar-refractivity contribution in [3.05, 3.63) is 10.0 Å². The van der Waals surface area contributed by atoms with Gasteiger partial charge in [-0.3, -0.25) is 0 Å². The maximum Gasteiger partial charge on any atom is 0.131 e. The summed E-state index contributed by atoms with van der Waals surface area (Å²) in [5, 5.41) is 14.4. The highest BCUT2D eigenvalue weighted by molar-refractivity contribution is 7.11. The molecule has 1 aliphatic carbocycles. The van der Waals surface area contributed by atoms with E-state index in [1.165, 1.54) is 30.7 Å². The Hall–Kier alpha value is -0.480. The highest BCUT2D eigenvalue weighted by Crippen LogP contribution is 2.26. The van der Waals surface area contributed by atoms with Crippen LogP contribution in [0.15, 0.2) is 0 Å². The molecule has 0 amide bonds. The molecule has 1 fully saturated rings. The molecule has 15 heavy (non-hydrogen) atoms. The minimum absolute atomic E-state index is 0.608. The average Bonchev–Trinajstić information content (AvgIpc) is 2.97. The van der Waals surface area contributed by atoms with E-state index in [2.05, 4.69) is 29.4 Å². The van der Waals surface area contributed by atoms with Gasteiger partial charge in [-0.15, -0.1) is 10.2 Å². The van der Waals surface area contributed by atoms with Crippen LogP contribution in [-0.2, 0) is 6.54 Å². The summed E-state index contributed by atoms with van der Waals surface area (Å²) in [5.41, 5.74) is 0. The summed E-state index contributed by atoms with van der Waals surface area (Å²) in [5.74, 6) is 0.608. The third-order valence-corrected chi connectivity index (χ3v) is 4.02. The Balaban J connectivity index is 1.89. The molecule has 1 saturated carbocycles. The molecule has 84 valence electrons. The number of nitrogens with zero attached hydrogens (tertiary/aromatic N) is 2. The van der Waals surface area contributed by atoms with E-state index in [1.807, 2.05) is 0 Å². The third-order valence-electron chi connectivity index (χ3n) is 2.94. The van der Waals surface area contributed by atoms with Gasteiger partial charge < -0.3 is 5.32 Å². The zero-order valence-electron chi connectivity index (χ0n) is 9.49. The van der Waals surface area contributed by atoms with Crippen LogP contribution in [-0.4, -0.2) is 16.2 Å². The molecule has 0 bridgehead atoms. The Bertz CT molecular complexity index is 303. The second-order valence-electron chi connectivity index (χ2n) is 4.20. The molecule has 4 heteroatoms. The maximum atomic E-state index is 4.29. The zero-order chi connectivity index (χ0) is 10.7. The van der Waals surface area contributed by atoms with Crippen molar-refractivity contribution in [1.82, 2.24) is 15.5 Å². The molecular weight excluding hydrogens is 206 g/mol. The van der Waals surface area contributed by atoms with Crippen LogP contribution in [0.2, 0.25) is 0 Å². The highest BCUT2D eigenvalue weighted by atomic mass is 32.1. The van der Waals surface area contributed by atoms with Crippen LogP contribution in [0.5, 0.6) is 0 Å². The lowest BCUT2D eigenvalue weighted by Gasteiger charge is -2.05. The molecule has 3 nitrogen and oxygen atoms in total. The Morgan fingerprint density at radius 1 is 1.33 bits per heavy atom. The van der Waals surface area contributed by atoms with E-state index in [4.69, 9.17) is 0 Å². The fourth-order valence-electron chi connectivity index (χ4n) is 1.66. The zero-order valence-corrected chi connectivity index (χ0v) is 10.3. The summed E-state index contributed by atoms with van der Waals surface area (Å²) < 4.78 is 0. The average molecular weight is 225 g/mol. The Morgan fingerprint density at radius 2 is 2.07 bits per heavy atom. The molecule has 0 atom stereocenters. The smallest absolute Gasteiger partial charge is 0.131 e. The minimum atomic E-state index is 0.608. The van der Waals surface area contributed by atoms with Gasteiger partial charge in [-0.25, -0.2) is 0 Å². The molecule has 0 unspecified atom stereocenters. The lowest BCUT2D eigenvalue weighted by atomic mass is 10.1. The second kappa shape index (κ2) is 5.03. The lowest BCUT2D eigenvalue weighted by Crippen LogP contribution is -2.14. The van der Waals surface area contributed by atoms with E-state index in [0.29, 0.717) is 5.92 Å². The molecule has 0 spiro atoms.